The first-order chi connectivity index (χ1) is 12.2. The number of nitrogens with zero attached hydrogens (tertiary/aromatic N) is 1. The molecular formula is C18H20ClN3O3S. The molecular weight excluding hydrogens is 374 g/mol. The molecule has 0 fully saturated rings. The fourth-order valence-electron chi connectivity index (χ4n) is 2.32. The van der Waals surface area contributed by atoms with E-state index in [0.717, 1.165) is 16.6 Å². The van der Waals surface area contributed by atoms with Gasteiger partial charge in [-0.15, -0.1) is 11.6 Å². The number of fused-ring (bicyclic) bond motifs is 1. The monoisotopic (exact) mass is 393 g/mol. The predicted octanol–water partition coefficient (Wildman–Crippen LogP) is 2.74. The van der Waals surface area contributed by atoms with Crippen molar-refractivity contribution in [2.24, 2.45) is 5.14 Å². The lowest BCUT2D eigenvalue weighted by Gasteiger charge is -2.03. The average molecular weight is 394 g/mol. The van der Waals surface area contributed by atoms with Gasteiger partial charge in [0.2, 0.25) is 10.0 Å². The molecule has 3 rings (SSSR count). The standard InChI is InChI=1S/C9H12ClNO2S.C9H8N2O/c1-7(10)6-8-2-4-9(5-3-8)14(11,12)13;1-6-2-3-8-7(4-6)9(12)11-5-10-8/h2-5,7H,6H2,1H3,(H2,11,12,13);2-5H,1H3,(H,10,11,12). The maximum atomic E-state index is 11.2. The fraction of sp³-hybridized carbons (Fsp3) is 0.222. The molecule has 2 aromatic carbocycles. The highest BCUT2D eigenvalue weighted by molar-refractivity contribution is 7.89. The normalized spacial score (nSPS) is 12.3. The molecule has 1 atom stereocenters. The van der Waals surface area contributed by atoms with Gasteiger partial charge in [-0.1, -0.05) is 23.8 Å². The van der Waals surface area contributed by atoms with E-state index >= 15 is 0 Å². The van der Waals surface area contributed by atoms with Crippen LogP contribution in [0, 0.1) is 6.92 Å². The van der Waals surface area contributed by atoms with E-state index in [-0.39, 0.29) is 15.8 Å². The molecule has 3 N–H and O–H groups in total. The Labute approximate surface area is 157 Å². The highest BCUT2D eigenvalue weighted by atomic mass is 35.5. The van der Waals surface area contributed by atoms with Crippen molar-refractivity contribution < 1.29 is 8.42 Å². The first-order valence-corrected chi connectivity index (χ1v) is 9.85. The lowest BCUT2D eigenvalue weighted by Crippen LogP contribution is -2.12. The first kappa shape index (κ1) is 20.1. The third-order valence-corrected chi connectivity index (χ3v) is 4.65. The number of aromatic amines is 1. The Morgan fingerprint density at radius 2 is 1.85 bits per heavy atom. The van der Waals surface area contributed by atoms with Crippen LogP contribution in [-0.4, -0.2) is 23.8 Å². The van der Waals surface area contributed by atoms with Crippen molar-refractivity contribution in [3.8, 4) is 0 Å². The molecule has 0 saturated heterocycles. The molecule has 1 unspecified atom stereocenters. The van der Waals surface area contributed by atoms with E-state index in [9.17, 15) is 13.2 Å². The number of halogens is 1. The number of aryl methyl sites for hydroxylation is 1. The van der Waals surface area contributed by atoms with Crippen molar-refractivity contribution in [3.05, 3.63) is 70.3 Å². The third-order valence-electron chi connectivity index (χ3n) is 3.56. The van der Waals surface area contributed by atoms with Crippen LogP contribution in [0.3, 0.4) is 0 Å². The van der Waals surface area contributed by atoms with Crippen molar-refractivity contribution in [2.75, 3.05) is 0 Å². The quantitative estimate of drug-likeness (QED) is 0.667. The van der Waals surface area contributed by atoms with Crippen LogP contribution in [0.4, 0.5) is 0 Å². The van der Waals surface area contributed by atoms with Gasteiger partial charge in [0.1, 0.15) is 0 Å². The van der Waals surface area contributed by atoms with Gasteiger partial charge >= 0.3 is 0 Å². The van der Waals surface area contributed by atoms with Gasteiger partial charge in [-0.25, -0.2) is 18.5 Å². The van der Waals surface area contributed by atoms with Crippen LogP contribution in [0.1, 0.15) is 18.1 Å². The molecule has 0 amide bonds. The van der Waals surface area contributed by atoms with E-state index in [1.54, 1.807) is 12.1 Å². The maximum absolute atomic E-state index is 11.2. The van der Waals surface area contributed by atoms with E-state index in [1.807, 2.05) is 32.0 Å². The number of rotatable bonds is 3. The molecule has 0 aliphatic carbocycles. The van der Waals surface area contributed by atoms with Gasteiger partial charge in [0.25, 0.3) is 5.56 Å². The molecule has 1 heterocycles. The minimum Gasteiger partial charge on any atom is -0.313 e. The molecule has 0 aliphatic heterocycles. The van der Waals surface area contributed by atoms with Crippen molar-refractivity contribution >= 4 is 32.5 Å². The summed E-state index contributed by atoms with van der Waals surface area (Å²) in [6, 6.07) is 12.0. The number of alkyl halides is 1. The zero-order valence-electron chi connectivity index (χ0n) is 14.4. The van der Waals surface area contributed by atoms with E-state index in [4.69, 9.17) is 16.7 Å². The van der Waals surface area contributed by atoms with Crippen molar-refractivity contribution in [1.82, 2.24) is 9.97 Å². The van der Waals surface area contributed by atoms with Crippen LogP contribution in [0.25, 0.3) is 10.9 Å². The van der Waals surface area contributed by atoms with Crippen molar-refractivity contribution in [2.45, 2.75) is 30.5 Å². The number of benzene rings is 2. The van der Waals surface area contributed by atoms with Gasteiger partial charge in [0.05, 0.1) is 22.1 Å². The SMILES string of the molecule is CC(Cl)Cc1ccc(S(N)(=O)=O)cc1.Cc1ccc2nc[nH]c(=O)c2c1. The summed E-state index contributed by atoms with van der Waals surface area (Å²) in [7, 11) is -3.58. The van der Waals surface area contributed by atoms with Crippen molar-refractivity contribution in [1.29, 1.82) is 0 Å². The Balaban J connectivity index is 0.000000189. The predicted molar refractivity (Wildman–Crippen MR) is 104 cm³/mol. The fourth-order valence-corrected chi connectivity index (χ4v) is 3.02. The maximum Gasteiger partial charge on any atom is 0.258 e. The van der Waals surface area contributed by atoms with Crippen LogP contribution in [-0.2, 0) is 16.4 Å². The van der Waals surface area contributed by atoms with E-state index < -0.39 is 10.0 Å². The summed E-state index contributed by atoms with van der Waals surface area (Å²) in [5.41, 5.74) is 2.73. The number of nitrogens with two attached hydrogens (primary N) is 1. The summed E-state index contributed by atoms with van der Waals surface area (Å²) >= 11 is 5.80. The molecule has 0 spiro atoms. The van der Waals surface area contributed by atoms with Crippen LogP contribution in [0.15, 0.2) is 58.5 Å². The van der Waals surface area contributed by atoms with Gasteiger partial charge in [-0.2, -0.15) is 0 Å². The van der Waals surface area contributed by atoms with E-state index in [1.165, 1.54) is 18.5 Å². The van der Waals surface area contributed by atoms with Crippen molar-refractivity contribution in [3.63, 3.8) is 0 Å². The van der Waals surface area contributed by atoms with Gasteiger partial charge in [-0.05, 0) is 50.1 Å². The highest BCUT2D eigenvalue weighted by Gasteiger charge is 2.07. The molecule has 26 heavy (non-hydrogen) atoms. The van der Waals surface area contributed by atoms with Gasteiger partial charge < -0.3 is 4.98 Å². The van der Waals surface area contributed by atoms with E-state index in [2.05, 4.69) is 9.97 Å². The molecule has 6 nitrogen and oxygen atoms in total. The first-order valence-electron chi connectivity index (χ1n) is 7.86. The smallest absolute Gasteiger partial charge is 0.258 e. The third kappa shape index (κ3) is 5.66. The topological polar surface area (TPSA) is 106 Å². The number of H-pyrrole nitrogens is 1. The second kappa shape index (κ2) is 8.44. The van der Waals surface area contributed by atoms with Gasteiger partial charge in [-0.3, -0.25) is 4.79 Å². The zero-order valence-corrected chi connectivity index (χ0v) is 16.0. The summed E-state index contributed by atoms with van der Waals surface area (Å²) in [6.45, 7) is 3.83. The minimum absolute atomic E-state index is 0.0373. The molecule has 1 aromatic heterocycles. The van der Waals surface area contributed by atoms with Gasteiger partial charge in [0, 0.05) is 5.38 Å². The van der Waals surface area contributed by atoms with E-state index in [0.29, 0.717) is 11.8 Å². The van der Waals surface area contributed by atoms with Gasteiger partial charge in [0.15, 0.2) is 0 Å². The summed E-state index contributed by atoms with van der Waals surface area (Å²) < 4.78 is 21.8. The number of hydrogen-bond donors (Lipinski definition) is 2. The molecule has 0 bridgehead atoms. The summed E-state index contributed by atoms with van der Waals surface area (Å²) in [4.78, 5) is 17.9. The number of sulfonamides is 1. The molecule has 3 aromatic rings. The summed E-state index contributed by atoms with van der Waals surface area (Å²) in [6.07, 6.45) is 2.13. The molecule has 0 radical (unpaired) electrons. The molecule has 0 saturated carbocycles. The Morgan fingerprint density at radius 3 is 2.42 bits per heavy atom. The van der Waals surface area contributed by atoms with Crippen LogP contribution >= 0.6 is 11.6 Å². The largest absolute Gasteiger partial charge is 0.313 e. The molecule has 138 valence electrons. The second-order valence-corrected chi connectivity index (χ2v) is 8.23. The number of aromatic nitrogens is 2. The highest BCUT2D eigenvalue weighted by Crippen LogP contribution is 2.12. The Hall–Kier alpha value is -2.22. The van der Waals surface area contributed by atoms with Crippen LogP contribution in [0.2, 0.25) is 0 Å². The Morgan fingerprint density at radius 1 is 1.19 bits per heavy atom. The number of hydrogen-bond acceptors (Lipinski definition) is 4. The summed E-state index contributed by atoms with van der Waals surface area (Å²) in [5.74, 6) is 0. The molecule has 0 aliphatic rings. The lowest BCUT2D eigenvalue weighted by atomic mass is 10.1. The lowest BCUT2D eigenvalue weighted by molar-refractivity contribution is 0.598. The van der Waals surface area contributed by atoms with Crippen LogP contribution in [0.5, 0.6) is 0 Å². The molecule has 8 heteroatoms. The minimum atomic E-state index is -3.58. The number of primary sulfonamides is 1. The zero-order chi connectivity index (χ0) is 19.3. The average Bonchev–Trinajstić information content (AvgIpc) is 2.55. The summed E-state index contributed by atoms with van der Waals surface area (Å²) in [5, 5.41) is 5.64. The Kier molecular flexibility index (Phi) is 6.52. The number of nitrogens with one attached hydrogen (secondary N) is 1. The Bertz CT molecular complexity index is 1050. The second-order valence-electron chi connectivity index (χ2n) is 5.93. The van der Waals surface area contributed by atoms with Crippen LogP contribution < -0.4 is 10.7 Å².